The van der Waals surface area contributed by atoms with Crippen LogP contribution >= 0.6 is 0 Å². The highest BCUT2D eigenvalue weighted by Gasteiger charge is 2.25. The van der Waals surface area contributed by atoms with E-state index in [1.54, 1.807) is 5.56 Å². The Morgan fingerprint density at radius 2 is 1.92 bits per heavy atom. The normalized spacial score (nSPS) is 16.6. The molecule has 1 aromatic carbocycles. The second-order valence-corrected chi connectivity index (χ2v) is 4.54. The van der Waals surface area contributed by atoms with E-state index < -0.39 is 0 Å². The summed E-state index contributed by atoms with van der Waals surface area (Å²) in [4.78, 5) is 0. The first-order valence-electron chi connectivity index (χ1n) is 5.29. The molecule has 1 aromatic rings. The molecule has 0 N–H and O–H groups in total. The Morgan fingerprint density at radius 1 is 1.23 bits per heavy atom. The maximum atomic E-state index is 2.41. The quantitative estimate of drug-likeness (QED) is 0.635. The van der Waals surface area contributed by atoms with Gasteiger partial charge in [0.15, 0.2) is 0 Å². The van der Waals surface area contributed by atoms with Crippen molar-refractivity contribution in [3.8, 4) is 0 Å². The van der Waals surface area contributed by atoms with Crippen molar-refractivity contribution >= 4 is 0 Å². The van der Waals surface area contributed by atoms with Crippen LogP contribution in [0, 0.1) is 6.92 Å². The van der Waals surface area contributed by atoms with Gasteiger partial charge in [-0.3, -0.25) is 0 Å². The summed E-state index contributed by atoms with van der Waals surface area (Å²) in [6.07, 6.45) is 2.81. The molecule has 0 heteroatoms. The molecular formula is C13H18. The molecule has 0 heterocycles. The fourth-order valence-corrected chi connectivity index (χ4v) is 1.85. The number of hydrogen-bond acceptors (Lipinski definition) is 0. The van der Waals surface area contributed by atoms with Crippen molar-refractivity contribution in [3.05, 3.63) is 34.9 Å². The fraction of sp³-hybridized carbons (Fsp3) is 0.538. The first-order valence-corrected chi connectivity index (χ1v) is 5.29. The Kier molecular flexibility index (Phi) is 2.15. The van der Waals surface area contributed by atoms with E-state index in [1.165, 1.54) is 24.0 Å². The molecule has 0 atom stereocenters. The molecule has 1 aliphatic rings. The predicted molar refractivity (Wildman–Crippen MR) is 57.2 cm³/mol. The maximum Gasteiger partial charge on any atom is -0.0159 e. The van der Waals surface area contributed by atoms with Crippen LogP contribution in [0.25, 0.3) is 0 Å². The van der Waals surface area contributed by atoms with Gasteiger partial charge in [-0.15, -0.1) is 0 Å². The molecular weight excluding hydrogens is 156 g/mol. The number of benzene rings is 1. The standard InChI is InChI=1S/C13H18/c1-9(2)12-5-4-10(3)13(8-12)11-6-7-11/h4-5,8-9,11H,6-7H2,1-3H3. The minimum absolute atomic E-state index is 0.665. The molecule has 1 fully saturated rings. The van der Waals surface area contributed by atoms with Crippen molar-refractivity contribution in [2.45, 2.75) is 45.4 Å². The minimum Gasteiger partial charge on any atom is -0.0588 e. The Balaban J connectivity index is 2.36. The number of aryl methyl sites for hydroxylation is 1. The topological polar surface area (TPSA) is 0 Å². The lowest BCUT2D eigenvalue weighted by atomic mass is 9.96. The van der Waals surface area contributed by atoms with E-state index in [0.29, 0.717) is 5.92 Å². The van der Waals surface area contributed by atoms with Gasteiger partial charge in [0, 0.05) is 0 Å². The zero-order valence-corrected chi connectivity index (χ0v) is 8.80. The van der Waals surface area contributed by atoms with Gasteiger partial charge in [0.05, 0.1) is 0 Å². The first kappa shape index (κ1) is 8.80. The van der Waals surface area contributed by atoms with Gasteiger partial charge in [0.25, 0.3) is 0 Å². The average molecular weight is 174 g/mol. The summed E-state index contributed by atoms with van der Waals surface area (Å²) in [5, 5.41) is 0. The molecule has 0 bridgehead atoms. The van der Waals surface area contributed by atoms with E-state index in [1.807, 2.05) is 0 Å². The summed E-state index contributed by atoms with van der Waals surface area (Å²) in [7, 11) is 0. The van der Waals surface area contributed by atoms with E-state index >= 15 is 0 Å². The third-order valence-corrected chi connectivity index (χ3v) is 2.99. The van der Waals surface area contributed by atoms with E-state index in [2.05, 4.69) is 39.0 Å². The molecule has 0 radical (unpaired) electrons. The van der Waals surface area contributed by atoms with Crippen LogP contribution in [0.1, 0.15) is 55.2 Å². The summed E-state index contributed by atoms with van der Waals surface area (Å²) in [6, 6.07) is 6.96. The number of hydrogen-bond donors (Lipinski definition) is 0. The Morgan fingerprint density at radius 3 is 2.46 bits per heavy atom. The molecule has 0 amide bonds. The zero-order chi connectivity index (χ0) is 9.42. The lowest BCUT2D eigenvalue weighted by Crippen LogP contribution is -1.92. The summed E-state index contributed by atoms with van der Waals surface area (Å²) in [5.74, 6) is 1.55. The van der Waals surface area contributed by atoms with Gasteiger partial charge in [-0.25, -0.2) is 0 Å². The largest absolute Gasteiger partial charge is 0.0588 e. The molecule has 0 unspecified atom stereocenters. The van der Waals surface area contributed by atoms with Gasteiger partial charge >= 0.3 is 0 Å². The summed E-state index contributed by atoms with van der Waals surface area (Å²) >= 11 is 0. The molecule has 0 aliphatic heterocycles. The van der Waals surface area contributed by atoms with E-state index in [0.717, 1.165) is 5.92 Å². The van der Waals surface area contributed by atoms with Gasteiger partial charge in [-0.05, 0) is 48.3 Å². The Bertz CT molecular complexity index is 306. The second kappa shape index (κ2) is 3.17. The Hall–Kier alpha value is -0.780. The predicted octanol–water partition coefficient (Wildman–Crippen LogP) is 4.00. The molecule has 0 aromatic heterocycles. The maximum absolute atomic E-state index is 2.41. The van der Waals surface area contributed by atoms with Crippen molar-refractivity contribution in [1.29, 1.82) is 0 Å². The molecule has 0 nitrogen and oxygen atoms in total. The van der Waals surface area contributed by atoms with Gasteiger partial charge in [0.2, 0.25) is 0 Å². The highest BCUT2D eigenvalue weighted by molar-refractivity contribution is 5.37. The summed E-state index contributed by atoms with van der Waals surface area (Å²) in [6.45, 7) is 6.76. The van der Waals surface area contributed by atoms with Crippen LogP contribution in [-0.4, -0.2) is 0 Å². The Labute approximate surface area is 81.0 Å². The molecule has 2 rings (SSSR count). The van der Waals surface area contributed by atoms with Crippen LogP contribution in [0.2, 0.25) is 0 Å². The van der Waals surface area contributed by atoms with E-state index in [9.17, 15) is 0 Å². The molecule has 0 spiro atoms. The average Bonchev–Trinajstić information content (AvgIpc) is 2.87. The molecule has 1 saturated carbocycles. The van der Waals surface area contributed by atoms with Crippen LogP contribution < -0.4 is 0 Å². The van der Waals surface area contributed by atoms with Crippen LogP contribution in [0.15, 0.2) is 18.2 Å². The van der Waals surface area contributed by atoms with Crippen molar-refractivity contribution in [2.75, 3.05) is 0 Å². The van der Waals surface area contributed by atoms with Crippen LogP contribution in [-0.2, 0) is 0 Å². The molecule has 1 aliphatic carbocycles. The minimum atomic E-state index is 0.665. The third-order valence-electron chi connectivity index (χ3n) is 2.99. The van der Waals surface area contributed by atoms with Crippen molar-refractivity contribution < 1.29 is 0 Å². The van der Waals surface area contributed by atoms with Gasteiger partial charge in [0.1, 0.15) is 0 Å². The van der Waals surface area contributed by atoms with Gasteiger partial charge in [-0.2, -0.15) is 0 Å². The lowest BCUT2D eigenvalue weighted by Gasteiger charge is -2.10. The fourth-order valence-electron chi connectivity index (χ4n) is 1.85. The molecule has 70 valence electrons. The van der Waals surface area contributed by atoms with Gasteiger partial charge in [-0.1, -0.05) is 32.0 Å². The number of rotatable bonds is 2. The summed E-state index contributed by atoms with van der Waals surface area (Å²) in [5.41, 5.74) is 4.57. The van der Waals surface area contributed by atoms with Gasteiger partial charge < -0.3 is 0 Å². The highest BCUT2D eigenvalue weighted by atomic mass is 14.3. The van der Waals surface area contributed by atoms with Crippen LogP contribution in [0.4, 0.5) is 0 Å². The monoisotopic (exact) mass is 174 g/mol. The van der Waals surface area contributed by atoms with E-state index in [4.69, 9.17) is 0 Å². The first-order chi connectivity index (χ1) is 6.18. The lowest BCUT2D eigenvalue weighted by molar-refractivity contribution is 0.860. The molecule has 13 heavy (non-hydrogen) atoms. The third kappa shape index (κ3) is 1.77. The van der Waals surface area contributed by atoms with Crippen molar-refractivity contribution in [1.82, 2.24) is 0 Å². The highest BCUT2D eigenvalue weighted by Crippen LogP contribution is 2.42. The smallest absolute Gasteiger partial charge is 0.0159 e. The van der Waals surface area contributed by atoms with Crippen molar-refractivity contribution in [3.63, 3.8) is 0 Å². The second-order valence-electron chi connectivity index (χ2n) is 4.54. The van der Waals surface area contributed by atoms with Crippen LogP contribution in [0.3, 0.4) is 0 Å². The zero-order valence-electron chi connectivity index (χ0n) is 8.80. The SMILES string of the molecule is Cc1ccc(C(C)C)cc1C1CC1. The van der Waals surface area contributed by atoms with Crippen LogP contribution in [0.5, 0.6) is 0 Å². The van der Waals surface area contributed by atoms with Crippen molar-refractivity contribution in [2.24, 2.45) is 0 Å². The molecule has 0 saturated heterocycles. The van der Waals surface area contributed by atoms with E-state index in [-0.39, 0.29) is 0 Å². The summed E-state index contributed by atoms with van der Waals surface area (Å²) < 4.78 is 0.